The van der Waals surface area contributed by atoms with Gasteiger partial charge in [-0.25, -0.2) is 9.67 Å². The standard InChI is InChI=1S/C10H18N4/c1-7-12-8(2)14(13-7)10-6-4-3-5-9(10)11/h9-10H,3-6,11H2,1-2H3. The van der Waals surface area contributed by atoms with Crippen LogP contribution in [0.5, 0.6) is 0 Å². The molecule has 2 unspecified atom stereocenters. The molecule has 4 nitrogen and oxygen atoms in total. The van der Waals surface area contributed by atoms with Crippen LogP contribution in [0.1, 0.15) is 43.4 Å². The van der Waals surface area contributed by atoms with Crippen LogP contribution in [0.2, 0.25) is 0 Å². The first-order chi connectivity index (χ1) is 6.68. The van der Waals surface area contributed by atoms with E-state index in [9.17, 15) is 0 Å². The van der Waals surface area contributed by atoms with Crippen molar-refractivity contribution < 1.29 is 0 Å². The number of nitrogens with zero attached hydrogens (tertiary/aromatic N) is 3. The fourth-order valence-electron chi connectivity index (χ4n) is 2.29. The highest BCUT2D eigenvalue weighted by molar-refractivity contribution is 4.94. The molecule has 0 bridgehead atoms. The Morgan fingerprint density at radius 2 is 2.00 bits per heavy atom. The Labute approximate surface area is 84.5 Å². The summed E-state index contributed by atoms with van der Waals surface area (Å²) in [6.45, 7) is 3.93. The van der Waals surface area contributed by atoms with Crippen LogP contribution < -0.4 is 5.73 Å². The van der Waals surface area contributed by atoms with E-state index in [2.05, 4.69) is 10.1 Å². The van der Waals surface area contributed by atoms with Gasteiger partial charge in [-0.3, -0.25) is 0 Å². The van der Waals surface area contributed by atoms with Crippen LogP contribution in [0.15, 0.2) is 0 Å². The smallest absolute Gasteiger partial charge is 0.147 e. The zero-order valence-electron chi connectivity index (χ0n) is 8.90. The van der Waals surface area contributed by atoms with Gasteiger partial charge in [0.15, 0.2) is 0 Å². The second-order valence-corrected chi connectivity index (χ2v) is 4.17. The van der Waals surface area contributed by atoms with Crippen molar-refractivity contribution >= 4 is 0 Å². The van der Waals surface area contributed by atoms with Gasteiger partial charge in [-0.2, -0.15) is 5.10 Å². The van der Waals surface area contributed by atoms with E-state index in [4.69, 9.17) is 5.73 Å². The summed E-state index contributed by atoms with van der Waals surface area (Å²) in [5, 5.41) is 4.41. The lowest BCUT2D eigenvalue weighted by atomic mass is 9.91. The van der Waals surface area contributed by atoms with Crippen LogP contribution in [0, 0.1) is 13.8 Å². The molecule has 2 rings (SSSR count). The van der Waals surface area contributed by atoms with Crippen LogP contribution in [-0.4, -0.2) is 20.8 Å². The van der Waals surface area contributed by atoms with Gasteiger partial charge in [0.1, 0.15) is 11.6 Å². The molecule has 1 fully saturated rings. The van der Waals surface area contributed by atoms with Crippen molar-refractivity contribution in [2.45, 2.75) is 51.6 Å². The van der Waals surface area contributed by atoms with Crippen LogP contribution in [-0.2, 0) is 0 Å². The molecule has 0 aliphatic heterocycles. The Morgan fingerprint density at radius 1 is 1.29 bits per heavy atom. The second-order valence-electron chi connectivity index (χ2n) is 4.17. The highest BCUT2D eigenvalue weighted by atomic mass is 15.4. The Bertz CT molecular complexity index is 318. The predicted molar refractivity (Wildman–Crippen MR) is 55.0 cm³/mol. The van der Waals surface area contributed by atoms with Gasteiger partial charge in [-0.15, -0.1) is 0 Å². The second kappa shape index (κ2) is 3.69. The molecule has 0 amide bonds. The monoisotopic (exact) mass is 194 g/mol. The zero-order valence-corrected chi connectivity index (χ0v) is 8.90. The van der Waals surface area contributed by atoms with Crippen molar-refractivity contribution in [3.63, 3.8) is 0 Å². The molecule has 1 aliphatic carbocycles. The summed E-state index contributed by atoms with van der Waals surface area (Å²) in [5.41, 5.74) is 6.10. The van der Waals surface area contributed by atoms with E-state index in [1.807, 2.05) is 18.5 Å². The van der Waals surface area contributed by atoms with Gasteiger partial charge in [0.05, 0.1) is 6.04 Å². The maximum atomic E-state index is 6.10. The summed E-state index contributed by atoms with van der Waals surface area (Å²) >= 11 is 0. The van der Waals surface area contributed by atoms with Crippen molar-refractivity contribution in [3.05, 3.63) is 11.6 Å². The molecule has 0 spiro atoms. The number of hydrogen-bond donors (Lipinski definition) is 1. The molecule has 14 heavy (non-hydrogen) atoms. The van der Waals surface area contributed by atoms with Crippen molar-refractivity contribution in [3.8, 4) is 0 Å². The number of rotatable bonds is 1. The quantitative estimate of drug-likeness (QED) is 0.734. The van der Waals surface area contributed by atoms with E-state index in [0.717, 1.165) is 24.5 Å². The number of aromatic nitrogens is 3. The van der Waals surface area contributed by atoms with E-state index in [-0.39, 0.29) is 6.04 Å². The lowest BCUT2D eigenvalue weighted by Crippen LogP contribution is -2.36. The lowest BCUT2D eigenvalue weighted by molar-refractivity contribution is 0.281. The summed E-state index contributed by atoms with van der Waals surface area (Å²) in [6.07, 6.45) is 4.77. The maximum absolute atomic E-state index is 6.10. The molecule has 1 saturated carbocycles. The third kappa shape index (κ3) is 1.66. The number of nitrogens with two attached hydrogens (primary N) is 1. The predicted octanol–water partition coefficient (Wildman–Crippen LogP) is 1.34. The molecule has 0 aromatic carbocycles. The van der Waals surface area contributed by atoms with Gasteiger partial charge in [0, 0.05) is 6.04 Å². The van der Waals surface area contributed by atoms with E-state index < -0.39 is 0 Å². The Balaban J connectivity index is 2.24. The molecule has 1 aromatic heterocycles. The third-order valence-corrected chi connectivity index (χ3v) is 3.00. The zero-order chi connectivity index (χ0) is 10.1. The highest BCUT2D eigenvalue weighted by Gasteiger charge is 2.25. The molecule has 0 radical (unpaired) electrons. The fourth-order valence-corrected chi connectivity index (χ4v) is 2.29. The first kappa shape index (κ1) is 9.65. The average Bonchev–Trinajstić information content (AvgIpc) is 2.46. The molecule has 1 heterocycles. The van der Waals surface area contributed by atoms with E-state index >= 15 is 0 Å². The van der Waals surface area contributed by atoms with Gasteiger partial charge >= 0.3 is 0 Å². The summed E-state index contributed by atoms with van der Waals surface area (Å²) in [7, 11) is 0. The molecule has 1 aliphatic rings. The highest BCUT2D eigenvalue weighted by Crippen LogP contribution is 2.27. The molecule has 1 aromatic rings. The third-order valence-electron chi connectivity index (χ3n) is 3.00. The molecule has 0 saturated heterocycles. The van der Waals surface area contributed by atoms with Crippen molar-refractivity contribution in [2.75, 3.05) is 0 Å². The van der Waals surface area contributed by atoms with Crippen molar-refractivity contribution in [1.82, 2.24) is 14.8 Å². The summed E-state index contributed by atoms with van der Waals surface area (Å²) < 4.78 is 2.01. The lowest BCUT2D eigenvalue weighted by Gasteiger charge is -2.29. The van der Waals surface area contributed by atoms with Gasteiger partial charge in [0.2, 0.25) is 0 Å². The molecular weight excluding hydrogens is 176 g/mol. The van der Waals surface area contributed by atoms with Crippen molar-refractivity contribution in [2.24, 2.45) is 5.73 Å². The SMILES string of the molecule is Cc1nc(C)n(C2CCCCC2N)n1. The van der Waals surface area contributed by atoms with E-state index in [1.54, 1.807) is 0 Å². The van der Waals surface area contributed by atoms with Crippen LogP contribution >= 0.6 is 0 Å². The van der Waals surface area contributed by atoms with E-state index in [0.29, 0.717) is 6.04 Å². The van der Waals surface area contributed by atoms with Crippen LogP contribution in [0.25, 0.3) is 0 Å². The molecule has 78 valence electrons. The first-order valence-corrected chi connectivity index (χ1v) is 5.34. The normalized spacial score (nSPS) is 27.9. The molecule has 4 heteroatoms. The summed E-state index contributed by atoms with van der Waals surface area (Å²) in [4.78, 5) is 4.32. The largest absolute Gasteiger partial charge is 0.326 e. The van der Waals surface area contributed by atoms with Gasteiger partial charge < -0.3 is 5.73 Å². The van der Waals surface area contributed by atoms with Gasteiger partial charge in [0.25, 0.3) is 0 Å². The Morgan fingerprint density at radius 3 is 2.57 bits per heavy atom. The Hall–Kier alpha value is -0.900. The van der Waals surface area contributed by atoms with Crippen LogP contribution in [0.3, 0.4) is 0 Å². The minimum Gasteiger partial charge on any atom is -0.326 e. The number of aryl methyl sites for hydroxylation is 2. The average molecular weight is 194 g/mol. The van der Waals surface area contributed by atoms with Crippen LogP contribution in [0.4, 0.5) is 0 Å². The molecule has 2 N–H and O–H groups in total. The minimum absolute atomic E-state index is 0.253. The maximum Gasteiger partial charge on any atom is 0.147 e. The topological polar surface area (TPSA) is 56.7 Å². The number of hydrogen-bond acceptors (Lipinski definition) is 3. The first-order valence-electron chi connectivity index (χ1n) is 5.34. The molecule has 2 atom stereocenters. The van der Waals surface area contributed by atoms with E-state index in [1.165, 1.54) is 12.8 Å². The fraction of sp³-hybridized carbons (Fsp3) is 0.800. The van der Waals surface area contributed by atoms with Gasteiger partial charge in [-0.1, -0.05) is 12.8 Å². The minimum atomic E-state index is 0.253. The van der Waals surface area contributed by atoms with Gasteiger partial charge in [-0.05, 0) is 26.7 Å². The summed E-state index contributed by atoms with van der Waals surface area (Å²) in [5.74, 6) is 1.84. The molecular formula is C10H18N4. The van der Waals surface area contributed by atoms with Crippen molar-refractivity contribution in [1.29, 1.82) is 0 Å². The summed E-state index contributed by atoms with van der Waals surface area (Å²) in [6, 6.07) is 0.619. The Kier molecular flexibility index (Phi) is 2.54.